The molecule has 4 amide bonds. The zero-order chi connectivity index (χ0) is 29.1. The fourth-order valence-corrected chi connectivity index (χ4v) is 7.06. The molecule has 0 aromatic heterocycles. The molecule has 4 heterocycles. The van der Waals surface area contributed by atoms with E-state index in [-0.39, 0.29) is 41.7 Å². The monoisotopic (exact) mass is 586 g/mol. The van der Waals surface area contributed by atoms with Crippen molar-refractivity contribution in [3.05, 3.63) is 88.2 Å². The fraction of sp³-hybridized carbons (Fsp3) is 0.312. The van der Waals surface area contributed by atoms with Crippen LogP contribution in [0.15, 0.2) is 60.7 Å². The third-order valence-electron chi connectivity index (χ3n) is 9.01. The highest BCUT2D eigenvalue weighted by Gasteiger charge is 2.46. The van der Waals surface area contributed by atoms with Crippen LogP contribution < -0.4 is 10.2 Å². The van der Waals surface area contributed by atoms with Crippen molar-refractivity contribution >= 4 is 40.9 Å². The summed E-state index contributed by atoms with van der Waals surface area (Å²) in [6.07, 6.45) is 2.05. The Morgan fingerprint density at radius 2 is 1.50 bits per heavy atom. The number of piperidine rings is 1. The van der Waals surface area contributed by atoms with Crippen molar-refractivity contribution in [1.29, 1.82) is 0 Å². The van der Waals surface area contributed by atoms with Crippen LogP contribution in [0, 0.1) is 5.82 Å². The van der Waals surface area contributed by atoms with Crippen LogP contribution in [0.2, 0.25) is 5.02 Å². The molecule has 0 aliphatic carbocycles. The van der Waals surface area contributed by atoms with Crippen LogP contribution in [-0.4, -0.2) is 64.6 Å². The van der Waals surface area contributed by atoms with Gasteiger partial charge in [0.1, 0.15) is 11.9 Å². The number of hydrogen-bond acceptors (Lipinski definition) is 6. The highest BCUT2D eigenvalue weighted by molar-refractivity contribution is 6.30. The Bertz CT molecular complexity index is 1630. The Labute approximate surface area is 247 Å². The molecule has 1 N–H and O–H groups in total. The molecule has 3 unspecified atom stereocenters. The number of piperazine rings is 1. The number of nitrogens with one attached hydrogen (secondary N) is 1. The topological polar surface area (TPSA) is 90.0 Å². The number of carbonyl (C=O) groups is 4. The van der Waals surface area contributed by atoms with Gasteiger partial charge in [-0.05, 0) is 60.2 Å². The minimum atomic E-state index is -1.09. The molecule has 7 rings (SSSR count). The summed E-state index contributed by atoms with van der Waals surface area (Å²) in [7, 11) is 0. The molecule has 4 aliphatic heterocycles. The first kappa shape index (κ1) is 26.8. The molecule has 3 saturated heterocycles. The van der Waals surface area contributed by atoms with E-state index in [4.69, 9.17) is 11.6 Å². The molecule has 214 valence electrons. The number of rotatable bonds is 5. The number of carbonyl (C=O) groups excluding carboxylic acids is 4. The number of benzene rings is 3. The van der Waals surface area contributed by atoms with Crippen molar-refractivity contribution in [2.75, 3.05) is 18.0 Å². The van der Waals surface area contributed by atoms with Crippen LogP contribution in [0.4, 0.5) is 10.1 Å². The van der Waals surface area contributed by atoms with E-state index in [1.54, 1.807) is 0 Å². The maximum absolute atomic E-state index is 15.5. The van der Waals surface area contributed by atoms with E-state index in [1.807, 2.05) is 41.3 Å². The number of imide groups is 2. The SMILES string of the molecule is O=C1CCC(N2C(=O)c3cc(F)c(N4CC5CCC(C4)N5Cc4ccccc4-c4ccc(Cl)cc4)cc3C2=O)C(=O)N1. The Balaban J connectivity index is 1.11. The second-order valence-corrected chi connectivity index (χ2v) is 11.9. The van der Waals surface area contributed by atoms with Crippen LogP contribution in [0.1, 0.15) is 52.0 Å². The van der Waals surface area contributed by atoms with Gasteiger partial charge in [-0.15, -0.1) is 0 Å². The third kappa shape index (κ3) is 4.48. The number of fused-ring (bicyclic) bond motifs is 3. The first-order valence-corrected chi connectivity index (χ1v) is 14.6. The summed E-state index contributed by atoms with van der Waals surface area (Å²) in [5.74, 6) is -3.04. The Hall–Kier alpha value is -4.08. The molecular weight excluding hydrogens is 559 g/mol. The van der Waals surface area contributed by atoms with Crippen LogP contribution in [0.3, 0.4) is 0 Å². The van der Waals surface area contributed by atoms with Gasteiger partial charge >= 0.3 is 0 Å². The van der Waals surface area contributed by atoms with Gasteiger partial charge in [-0.3, -0.25) is 34.3 Å². The molecule has 2 bridgehead atoms. The zero-order valence-electron chi connectivity index (χ0n) is 22.7. The molecule has 3 atom stereocenters. The van der Waals surface area contributed by atoms with E-state index in [0.29, 0.717) is 18.1 Å². The molecule has 10 heteroatoms. The number of anilines is 1. The molecule has 0 saturated carbocycles. The molecule has 3 fully saturated rings. The largest absolute Gasteiger partial charge is 0.366 e. The van der Waals surface area contributed by atoms with Crippen molar-refractivity contribution in [3.8, 4) is 11.1 Å². The Kier molecular flexibility index (Phi) is 6.59. The lowest BCUT2D eigenvalue weighted by molar-refractivity contribution is -0.136. The molecule has 8 nitrogen and oxygen atoms in total. The zero-order valence-corrected chi connectivity index (χ0v) is 23.4. The maximum Gasteiger partial charge on any atom is 0.262 e. The van der Waals surface area contributed by atoms with Crippen molar-refractivity contribution in [2.24, 2.45) is 0 Å². The molecule has 3 aromatic rings. The first-order chi connectivity index (χ1) is 20.3. The van der Waals surface area contributed by atoms with Crippen molar-refractivity contribution < 1.29 is 23.6 Å². The Morgan fingerprint density at radius 3 is 2.19 bits per heavy atom. The quantitative estimate of drug-likeness (QED) is 0.446. The molecular formula is C32H28ClFN4O4. The normalized spacial score (nSPS) is 23.9. The van der Waals surface area contributed by atoms with Crippen LogP contribution >= 0.6 is 11.6 Å². The Morgan fingerprint density at radius 1 is 0.833 bits per heavy atom. The average Bonchev–Trinajstić information content (AvgIpc) is 3.34. The van der Waals surface area contributed by atoms with Crippen LogP contribution in [-0.2, 0) is 16.1 Å². The van der Waals surface area contributed by atoms with Gasteiger partial charge in [0, 0.05) is 43.2 Å². The van der Waals surface area contributed by atoms with Crippen molar-refractivity contribution in [2.45, 2.75) is 50.4 Å². The van der Waals surface area contributed by atoms with E-state index in [0.717, 1.165) is 41.5 Å². The second-order valence-electron chi connectivity index (χ2n) is 11.4. The van der Waals surface area contributed by atoms with Crippen molar-refractivity contribution in [1.82, 2.24) is 15.1 Å². The lowest BCUT2D eigenvalue weighted by atomic mass is 9.98. The second kappa shape index (κ2) is 10.3. The summed E-state index contributed by atoms with van der Waals surface area (Å²) in [4.78, 5) is 55.7. The summed E-state index contributed by atoms with van der Waals surface area (Å²) >= 11 is 6.11. The third-order valence-corrected chi connectivity index (χ3v) is 9.26. The molecule has 4 aliphatic rings. The summed E-state index contributed by atoms with van der Waals surface area (Å²) < 4.78 is 15.5. The summed E-state index contributed by atoms with van der Waals surface area (Å²) in [5, 5.41) is 2.88. The summed E-state index contributed by atoms with van der Waals surface area (Å²) in [6, 6.07) is 18.1. The summed E-state index contributed by atoms with van der Waals surface area (Å²) in [5.41, 5.74) is 3.81. The highest BCUT2D eigenvalue weighted by Crippen LogP contribution is 2.38. The number of hydrogen-bond donors (Lipinski definition) is 1. The maximum atomic E-state index is 15.5. The van der Waals surface area contributed by atoms with Gasteiger partial charge in [0.15, 0.2) is 0 Å². The van der Waals surface area contributed by atoms with Crippen LogP contribution in [0.5, 0.6) is 0 Å². The molecule has 3 aromatic carbocycles. The van der Waals surface area contributed by atoms with E-state index in [1.165, 1.54) is 11.6 Å². The molecule has 42 heavy (non-hydrogen) atoms. The van der Waals surface area contributed by atoms with E-state index in [9.17, 15) is 19.2 Å². The average molecular weight is 587 g/mol. The first-order valence-electron chi connectivity index (χ1n) is 14.2. The van der Waals surface area contributed by atoms with Crippen LogP contribution in [0.25, 0.3) is 11.1 Å². The predicted octanol–water partition coefficient (Wildman–Crippen LogP) is 4.40. The summed E-state index contributed by atoms with van der Waals surface area (Å²) in [6.45, 7) is 1.95. The number of halogens is 2. The minimum Gasteiger partial charge on any atom is -0.366 e. The van der Waals surface area contributed by atoms with Crippen molar-refractivity contribution in [3.63, 3.8) is 0 Å². The van der Waals surface area contributed by atoms with Gasteiger partial charge < -0.3 is 4.90 Å². The lowest BCUT2D eigenvalue weighted by Gasteiger charge is -2.42. The minimum absolute atomic E-state index is 0.0284. The van der Waals surface area contributed by atoms with Gasteiger partial charge in [0.05, 0.1) is 16.8 Å². The standard InChI is InChI=1S/C32H28ClFN4O4/c33-20-7-5-18(6-8-20)23-4-2-1-3-19(23)15-37-21-9-10-22(37)17-36(16-21)28-14-25-24(13-26(28)34)31(41)38(32(25)42)27-11-12-29(39)35-30(27)40/h1-8,13-14,21-22,27H,9-12,15-17H2,(H,35,39,40). The van der Waals surface area contributed by atoms with E-state index >= 15 is 4.39 Å². The number of amides is 4. The fourth-order valence-electron chi connectivity index (χ4n) is 6.93. The smallest absolute Gasteiger partial charge is 0.262 e. The molecule has 0 spiro atoms. The highest BCUT2D eigenvalue weighted by atomic mass is 35.5. The van der Waals surface area contributed by atoms with E-state index < -0.39 is 35.5 Å². The molecule has 0 radical (unpaired) electrons. The van der Waals surface area contributed by atoms with Gasteiger partial charge in [0.25, 0.3) is 11.8 Å². The van der Waals surface area contributed by atoms with Gasteiger partial charge in [-0.1, -0.05) is 48.0 Å². The predicted molar refractivity (Wildman–Crippen MR) is 155 cm³/mol. The van der Waals surface area contributed by atoms with Gasteiger partial charge in [-0.2, -0.15) is 0 Å². The number of nitrogens with zero attached hydrogens (tertiary/aromatic N) is 3. The van der Waals surface area contributed by atoms with Gasteiger partial charge in [0.2, 0.25) is 11.8 Å². The lowest BCUT2D eigenvalue weighted by Crippen LogP contribution is -2.54. The van der Waals surface area contributed by atoms with Gasteiger partial charge in [-0.25, -0.2) is 4.39 Å². The van der Waals surface area contributed by atoms with E-state index in [2.05, 4.69) is 22.3 Å².